The lowest BCUT2D eigenvalue weighted by Crippen LogP contribution is -2.32. The SMILES string of the molecule is O=C(O)c1ccc(Br)c(N2C(=O)C3CCCC3C2=O)c1. The van der Waals surface area contributed by atoms with E-state index < -0.39 is 5.97 Å². The van der Waals surface area contributed by atoms with E-state index in [1.807, 2.05) is 0 Å². The molecule has 0 radical (unpaired) electrons. The number of benzene rings is 1. The maximum absolute atomic E-state index is 12.4. The first-order valence-corrected chi connectivity index (χ1v) is 7.20. The van der Waals surface area contributed by atoms with Gasteiger partial charge >= 0.3 is 5.97 Å². The van der Waals surface area contributed by atoms with Crippen molar-refractivity contribution in [1.82, 2.24) is 0 Å². The number of fused-ring (bicyclic) bond motifs is 1. The molecule has 1 saturated carbocycles. The first-order chi connectivity index (χ1) is 9.50. The molecule has 3 rings (SSSR count). The third kappa shape index (κ3) is 1.86. The van der Waals surface area contributed by atoms with E-state index in [2.05, 4.69) is 15.9 Å². The molecule has 2 unspecified atom stereocenters. The second-order valence-electron chi connectivity index (χ2n) is 5.13. The van der Waals surface area contributed by atoms with Crippen LogP contribution in [0, 0.1) is 11.8 Å². The summed E-state index contributed by atoms with van der Waals surface area (Å²) in [6.45, 7) is 0. The number of carbonyl (C=O) groups is 3. The molecular weight excluding hydrogens is 326 g/mol. The number of carboxylic acid groups (broad SMARTS) is 1. The summed E-state index contributed by atoms with van der Waals surface area (Å²) in [5.41, 5.74) is 0.384. The standard InChI is InChI=1S/C14H12BrNO4/c15-10-5-4-7(14(19)20)6-11(10)16-12(17)8-2-1-3-9(8)13(16)18/h4-6,8-9H,1-3H2,(H,19,20). The maximum Gasteiger partial charge on any atom is 0.335 e. The highest BCUT2D eigenvalue weighted by atomic mass is 79.9. The molecule has 0 bridgehead atoms. The Morgan fingerprint density at radius 3 is 2.35 bits per heavy atom. The molecular formula is C14H12BrNO4. The van der Waals surface area contributed by atoms with Crippen LogP contribution in [0.25, 0.3) is 0 Å². The van der Waals surface area contributed by atoms with Crippen LogP contribution in [0.15, 0.2) is 22.7 Å². The molecule has 1 aliphatic heterocycles. The predicted octanol–water partition coefficient (Wildman–Crippen LogP) is 2.44. The van der Waals surface area contributed by atoms with Gasteiger partial charge in [0.15, 0.2) is 0 Å². The number of amides is 2. The van der Waals surface area contributed by atoms with Crippen LogP contribution in [-0.2, 0) is 9.59 Å². The number of carbonyl (C=O) groups excluding carboxylic acids is 2. The summed E-state index contributed by atoms with van der Waals surface area (Å²) in [5.74, 6) is -1.97. The molecule has 104 valence electrons. The van der Waals surface area contributed by atoms with Crippen molar-refractivity contribution < 1.29 is 19.5 Å². The summed E-state index contributed by atoms with van der Waals surface area (Å²) in [5, 5.41) is 9.03. The zero-order chi connectivity index (χ0) is 14.4. The van der Waals surface area contributed by atoms with Crippen LogP contribution in [0.4, 0.5) is 5.69 Å². The third-order valence-corrected chi connectivity index (χ3v) is 4.70. The molecule has 1 heterocycles. The fraction of sp³-hybridized carbons (Fsp3) is 0.357. The third-order valence-electron chi connectivity index (χ3n) is 4.03. The van der Waals surface area contributed by atoms with Crippen molar-refractivity contribution in [2.45, 2.75) is 19.3 Å². The monoisotopic (exact) mass is 337 g/mol. The van der Waals surface area contributed by atoms with E-state index in [-0.39, 0.29) is 29.2 Å². The van der Waals surface area contributed by atoms with Gasteiger partial charge in [0.2, 0.25) is 11.8 Å². The number of hydrogen-bond donors (Lipinski definition) is 1. The number of halogens is 1. The van der Waals surface area contributed by atoms with Gasteiger partial charge in [0.25, 0.3) is 0 Å². The van der Waals surface area contributed by atoms with Crippen LogP contribution in [0.1, 0.15) is 29.6 Å². The van der Waals surface area contributed by atoms with E-state index in [1.165, 1.54) is 12.1 Å². The fourth-order valence-electron chi connectivity index (χ4n) is 3.05. The number of hydrogen-bond acceptors (Lipinski definition) is 3. The Balaban J connectivity index is 2.05. The normalized spacial score (nSPS) is 25.1. The summed E-state index contributed by atoms with van der Waals surface area (Å²) in [6.07, 6.45) is 2.38. The fourth-order valence-corrected chi connectivity index (χ4v) is 3.47. The Bertz CT molecular complexity index is 606. The number of carboxylic acids is 1. The Morgan fingerprint density at radius 2 is 1.80 bits per heavy atom. The molecule has 1 saturated heterocycles. The van der Waals surface area contributed by atoms with Crippen LogP contribution >= 0.6 is 15.9 Å². The van der Waals surface area contributed by atoms with E-state index in [0.29, 0.717) is 10.2 Å². The number of nitrogens with zero attached hydrogens (tertiary/aromatic N) is 1. The summed E-state index contributed by atoms with van der Waals surface area (Å²) >= 11 is 3.29. The zero-order valence-corrected chi connectivity index (χ0v) is 12.1. The highest BCUT2D eigenvalue weighted by molar-refractivity contribution is 9.10. The highest BCUT2D eigenvalue weighted by Crippen LogP contribution is 2.43. The minimum absolute atomic E-state index is 0.0564. The molecule has 1 aromatic rings. The lowest BCUT2D eigenvalue weighted by molar-refractivity contribution is -0.122. The van der Waals surface area contributed by atoms with E-state index >= 15 is 0 Å². The van der Waals surface area contributed by atoms with Gasteiger partial charge in [-0.05, 0) is 47.0 Å². The molecule has 20 heavy (non-hydrogen) atoms. The van der Waals surface area contributed by atoms with E-state index in [9.17, 15) is 14.4 Å². The van der Waals surface area contributed by atoms with Crippen LogP contribution in [0.5, 0.6) is 0 Å². The van der Waals surface area contributed by atoms with Gasteiger partial charge in [0.05, 0.1) is 23.1 Å². The van der Waals surface area contributed by atoms with Crippen molar-refractivity contribution in [3.05, 3.63) is 28.2 Å². The number of rotatable bonds is 2. The molecule has 2 fully saturated rings. The van der Waals surface area contributed by atoms with Gasteiger partial charge in [0.1, 0.15) is 0 Å². The van der Waals surface area contributed by atoms with Crippen LogP contribution in [0.2, 0.25) is 0 Å². The van der Waals surface area contributed by atoms with Crippen molar-refractivity contribution in [3.8, 4) is 0 Å². The highest BCUT2D eigenvalue weighted by Gasteiger charge is 2.50. The topological polar surface area (TPSA) is 74.7 Å². The minimum Gasteiger partial charge on any atom is -0.478 e. The Labute approximate surface area is 123 Å². The van der Waals surface area contributed by atoms with E-state index in [4.69, 9.17) is 5.11 Å². The second-order valence-corrected chi connectivity index (χ2v) is 5.98. The second kappa shape index (κ2) is 4.70. The molecule has 1 aliphatic carbocycles. The minimum atomic E-state index is -1.09. The molecule has 5 nitrogen and oxygen atoms in total. The van der Waals surface area contributed by atoms with Crippen LogP contribution in [-0.4, -0.2) is 22.9 Å². The smallest absolute Gasteiger partial charge is 0.335 e. The van der Waals surface area contributed by atoms with Gasteiger partial charge in [-0.15, -0.1) is 0 Å². The van der Waals surface area contributed by atoms with Crippen LogP contribution < -0.4 is 4.90 Å². The van der Waals surface area contributed by atoms with Crippen molar-refractivity contribution in [3.63, 3.8) is 0 Å². The lowest BCUT2D eigenvalue weighted by atomic mass is 10.00. The first-order valence-electron chi connectivity index (χ1n) is 6.41. The van der Waals surface area contributed by atoms with Crippen molar-refractivity contribution in [1.29, 1.82) is 0 Å². The Morgan fingerprint density at radius 1 is 1.20 bits per heavy atom. The molecule has 0 spiro atoms. The summed E-state index contributed by atoms with van der Waals surface area (Å²) in [6, 6.07) is 4.35. The van der Waals surface area contributed by atoms with Gasteiger partial charge in [-0.1, -0.05) is 6.42 Å². The average Bonchev–Trinajstić information content (AvgIpc) is 2.96. The van der Waals surface area contributed by atoms with Gasteiger partial charge in [-0.3, -0.25) is 9.59 Å². The number of imide groups is 1. The lowest BCUT2D eigenvalue weighted by Gasteiger charge is -2.18. The molecule has 2 amide bonds. The molecule has 1 aromatic carbocycles. The maximum atomic E-state index is 12.4. The van der Waals surface area contributed by atoms with Gasteiger partial charge < -0.3 is 5.11 Å². The van der Waals surface area contributed by atoms with Crippen LogP contribution in [0.3, 0.4) is 0 Å². The Hall–Kier alpha value is -1.69. The quantitative estimate of drug-likeness (QED) is 0.841. The molecule has 2 atom stereocenters. The summed E-state index contributed by atoms with van der Waals surface area (Å²) < 4.78 is 0.546. The van der Waals surface area contributed by atoms with E-state index in [0.717, 1.165) is 24.2 Å². The largest absolute Gasteiger partial charge is 0.478 e. The van der Waals surface area contributed by atoms with Crippen molar-refractivity contribution in [2.75, 3.05) is 4.90 Å². The molecule has 2 aliphatic rings. The van der Waals surface area contributed by atoms with Gasteiger partial charge in [0, 0.05) is 4.47 Å². The molecule has 0 aromatic heterocycles. The average molecular weight is 338 g/mol. The van der Waals surface area contributed by atoms with Gasteiger partial charge in [-0.25, -0.2) is 9.69 Å². The van der Waals surface area contributed by atoms with Crippen molar-refractivity contribution >= 4 is 39.4 Å². The summed E-state index contributed by atoms with van der Waals surface area (Å²) in [7, 11) is 0. The van der Waals surface area contributed by atoms with E-state index in [1.54, 1.807) is 6.07 Å². The first kappa shape index (κ1) is 13.3. The zero-order valence-electron chi connectivity index (χ0n) is 10.5. The number of anilines is 1. The molecule has 6 heteroatoms. The predicted molar refractivity (Wildman–Crippen MR) is 74.4 cm³/mol. The Kier molecular flexibility index (Phi) is 3.12. The van der Waals surface area contributed by atoms with Gasteiger partial charge in [-0.2, -0.15) is 0 Å². The summed E-state index contributed by atoms with van der Waals surface area (Å²) in [4.78, 5) is 36.9. The number of aromatic carboxylic acids is 1. The van der Waals surface area contributed by atoms with Crippen molar-refractivity contribution in [2.24, 2.45) is 11.8 Å². The molecule has 1 N–H and O–H groups in total.